The van der Waals surface area contributed by atoms with Crippen molar-refractivity contribution in [3.05, 3.63) is 11.6 Å². The number of allylic oxidation sites excluding steroid dienone is 1. The van der Waals surface area contributed by atoms with Crippen molar-refractivity contribution in [2.75, 3.05) is 13.1 Å². The van der Waals surface area contributed by atoms with Crippen molar-refractivity contribution in [1.29, 1.82) is 0 Å². The number of rotatable bonds is 6. The molecule has 1 heterocycles. The Bertz CT molecular complexity index is 317. The molecule has 0 radical (unpaired) electrons. The van der Waals surface area contributed by atoms with Gasteiger partial charge in [-0.05, 0) is 45.4 Å². The van der Waals surface area contributed by atoms with E-state index in [0.29, 0.717) is 18.4 Å². The molecule has 1 saturated heterocycles. The standard InChI is InChI=1S/C14H23NO3/c1-2-12(14(17)18)8-4-5-9-13(16)15-10-6-3-7-11-15/h2H,3-11H2,1H3,(H,17,18)/b12-2+. The summed E-state index contributed by atoms with van der Waals surface area (Å²) in [6.45, 7) is 3.53. The Morgan fingerprint density at radius 2 is 1.72 bits per heavy atom. The summed E-state index contributed by atoms with van der Waals surface area (Å²) < 4.78 is 0. The van der Waals surface area contributed by atoms with Crippen LogP contribution < -0.4 is 0 Å². The zero-order valence-corrected chi connectivity index (χ0v) is 11.2. The minimum absolute atomic E-state index is 0.229. The van der Waals surface area contributed by atoms with E-state index < -0.39 is 5.97 Å². The monoisotopic (exact) mass is 253 g/mol. The average Bonchev–Trinajstić information content (AvgIpc) is 2.39. The van der Waals surface area contributed by atoms with Crippen LogP contribution in [0.5, 0.6) is 0 Å². The molecule has 4 nitrogen and oxygen atoms in total. The van der Waals surface area contributed by atoms with Crippen LogP contribution in [0.3, 0.4) is 0 Å². The van der Waals surface area contributed by atoms with Gasteiger partial charge in [-0.3, -0.25) is 4.79 Å². The van der Waals surface area contributed by atoms with Crippen LogP contribution in [0, 0.1) is 0 Å². The molecule has 4 heteroatoms. The topological polar surface area (TPSA) is 57.6 Å². The highest BCUT2D eigenvalue weighted by Gasteiger charge is 2.15. The third-order valence-corrected chi connectivity index (χ3v) is 3.42. The molecule has 1 amide bonds. The molecule has 18 heavy (non-hydrogen) atoms. The summed E-state index contributed by atoms with van der Waals surface area (Å²) in [4.78, 5) is 24.5. The van der Waals surface area contributed by atoms with Gasteiger partial charge in [0.25, 0.3) is 0 Å². The Labute approximate surface area is 109 Å². The zero-order chi connectivity index (χ0) is 13.4. The molecule has 0 aromatic carbocycles. The molecule has 0 spiro atoms. The van der Waals surface area contributed by atoms with Crippen molar-refractivity contribution in [2.24, 2.45) is 0 Å². The van der Waals surface area contributed by atoms with Crippen molar-refractivity contribution >= 4 is 11.9 Å². The lowest BCUT2D eigenvalue weighted by Crippen LogP contribution is -2.35. The first-order valence-corrected chi connectivity index (χ1v) is 6.81. The number of hydrogen-bond donors (Lipinski definition) is 1. The highest BCUT2D eigenvalue weighted by Crippen LogP contribution is 2.13. The number of carbonyl (C=O) groups excluding carboxylic acids is 1. The van der Waals surface area contributed by atoms with Gasteiger partial charge in [-0.15, -0.1) is 0 Å². The molecule has 0 saturated carbocycles. The van der Waals surface area contributed by atoms with Gasteiger partial charge in [0.05, 0.1) is 0 Å². The molecule has 0 aromatic rings. The number of likely N-dealkylation sites (tertiary alicyclic amines) is 1. The number of carbonyl (C=O) groups is 2. The molecule has 1 N–H and O–H groups in total. The Morgan fingerprint density at radius 3 is 2.28 bits per heavy atom. The van der Waals surface area contributed by atoms with Gasteiger partial charge in [-0.1, -0.05) is 6.08 Å². The Kier molecular flexibility index (Phi) is 6.47. The van der Waals surface area contributed by atoms with E-state index in [1.54, 1.807) is 13.0 Å². The number of aliphatic carboxylic acids is 1. The summed E-state index contributed by atoms with van der Waals surface area (Å²) in [5.41, 5.74) is 0.445. The number of amides is 1. The zero-order valence-electron chi connectivity index (χ0n) is 11.2. The van der Waals surface area contributed by atoms with Crippen molar-refractivity contribution < 1.29 is 14.7 Å². The van der Waals surface area contributed by atoms with Gasteiger partial charge in [0.15, 0.2) is 0 Å². The summed E-state index contributed by atoms with van der Waals surface area (Å²) >= 11 is 0. The number of piperidine rings is 1. The van der Waals surface area contributed by atoms with Gasteiger partial charge >= 0.3 is 5.97 Å². The van der Waals surface area contributed by atoms with Crippen molar-refractivity contribution in [3.8, 4) is 0 Å². The van der Waals surface area contributed by atoms with Crippen LogP contribution in [0.2, 0.25) is 0 Å². The summed E-state index contributed by atoms with van der Waals surface area (Å²) in [5, 5.41) is 8.84. The molecule has 0 atom stereocenters. The van der Waals surface area contributed by atoms with Crippen LogP contribution >= 0.6 is 0 Å². The first kappa shape index (κ1) is 14.7. The van der Waals surface area contributed by atoms with E-state index in [1.165, 1.54) is 6.42 Å². The van der Waals surface area contributed by atoms with Gasteiger partial charge in [0.2, 0.25) is 5.91 Å². The molecule has 0 aliphatic carbocycles. The fourth-order valence-electron chi connectivity index (χ4n) is 2.27. The van der Waals surface area contributed by atoms with Crippen LogP contribution in [-0.4, -0.2) is 35.0 Å². The molecule has 0 bridgehead atoms. The van der Waals surface area contributed by atoms with Crippen LogP contribution in [0.1, 0.15) is 51.9 Å². The largest absolute Gasteiger partial charge is 0.478 e. The van der Waals surface area contributed by atoms with E-state index >= 15 is 0 Å². The lowest BCUT2D eigenvalue weighted by atomic mass is 10.1. The first-order valence-electron chi connectivity index (χ1n) is 6.81. The summed E-state index contributed by atoms with van der Waals surface area (Å²) in [6, 6.07) is 0. The van der Waals surface area contributed by atoms with Crippen LogP contribution in [-0.2, 0) is 9.59 Å². The van der Waals surface area contributed by atoms with E-state index in [4.69, 9.17) is 5.11 Å². The highest BCUT2D eigenvalue weighted by atomic mass is 16.4. The number of hydrogen-bond acceptors (Lipinski definition) is 2. The first-order chi connectivity index (χ1) is 8.65. The summed E-state index contributed by atoms with van der Waals surface area (Å²) in [6.07, 6.45) is 7.75. The normalized spacial score (nSPS) is 16.7. The second kappa shape index (κ2) is 7.90. The molecule has 0 unspecified atom stereocenters. The predicted octanol–water partition coefficient (Wildman–Crippen LogP) is 2.59. The minimum Gasteiger partial charge on any atom is -0.478 e. The predicted molar refractivity (Wildman–Crippen MR) is 70.3 cm³/mol. The van der Waals surface area contributed by atoms with Crippen LogP contribution in [0.15, 0.2) is 11.6 Å². The Morgan fingerprint density at radius 1 is 1.11 bits per heavy atom. The summed E-state index contributed by atoms with van der Waals surface area (Å²) in [7, 11) is 0. The third kappa shape index (κ3) is 4.90. The molecule has 1 aliphatic heterocycles. The van der Waals surface area contributed by atoms with Crippen molar-refractivity contribution in [3.63, 3.8) is 0 Å². The third-order valence-electron chi connectivity index (χ3n) is 3.42. The van der Waals surface area contributed by atoms with E-state index in [1.807, 2.05) is 4.90 Å². The quantitative estimate of drug-likeness (QED) is 0.584. The number of carboxylic acid groups (broad SMARTS) is 1. The summed E-state index contributed by atoms with van der Waals surface area (Å²) in [5.74, 6) is -0.619. The Balaban J connectivity index is 2.17. The maximum absolute atomic E-state index is 11.8. The molecular weight excluding hydrogens is 230 g/mol. The maximum Gasteiger partial charge on any atom is 0.331 e. The lowest BCUT2D eigenvalue weighted by molar-refractivity contribution is -0.133. The van der Waals surface area contributed by atoms with Gasteiger partial charge in [-0.25, -0.2) is 4.79 Å². The van der Waals surface area contributed by atoms with E-state index in [9.17, 15) is 9.59 Å². The SMILES string of the molecule is C/C=C(\CCCCC(=O)N1CCCCC1)C(=O)O. The molecule has 0 aromatic heterocycles. The molecule has 1 rings (SSSR count). The van der Waals surface area contributed by atoms with E-state index in [-0.39, 0.29) is 5.91 Å². The highest BCUT2D eigenvalue weighted by molar-refractivity contribution is 5.86. The fourth-order valence-corrected chi connectivity index (χ4v) is 2.27. The smallest absolute Gasteiger partial charge is 0.331 e. The fraction of sp³-hybridized carbons (Fsp3) is 0.714. The molecular formula is C14H23NO3. The minimum atomic E-state index is -0.847. The van der Waals surface area contributed by atoms with Gasteiger partial charge in [0.1, 0.15) is 0 Å². The number of carboxylic acids is 1. The average molecular weight is 253 g/mol. The number of unbranched alkanes of at least 4 members (excludes halogenated alkanes) is 1. The molecule has 1 fully saturated rings. The molecule has 102 valence electrons. The van der Waals surface area contributed by atoms with Gasteiger partial charge in [0, 0.05) is 25.1 Å². The maximum atomic E-state index is 11.8. The van der Waals surface area contributed by atoms with Crippen molar-refractivity contribution in [1.82, 2.24) is 4.90 Å². The Hall–Kier alpha value is -1.32. The van der Waals surface area contributed by atoms with Crippen molar-refractivity contribution in [2.45, 2.75) is 51.9 Å². The van der Waals surface area contributed by atoms with Crippen LogP contribution in [0.4, 0.5) is 0 Å². The second-order valence-corrected chi connectivity index (χ2v) is 4.77. The van der Waals surface area contributed by atoms with E-state index in [2.05, 4.69) is 0 Å². The van der Waals surface area contributed by atoms with Crippen LogP contribution in [0.25, 0.3) is 0 Å². The van der Waals surface area contributed by atoms with Gasteiger partial charge in [-0.2, -0.15) is 0 Å². The lowest BCUT2D eigenvalue weighted by Gasteiger charge is -2.26. The number of nitrogens with zero attached hydrogens (tertiary/aromatic N) is 1. The molecule has 1 aliphatic rings. The second-order valence-electron chi connectivity index (χ2n) is 4.77. The van der Waals surface area contributed by atoms with E-state index in [0.717, 1.165) is 38.8 Å². The van der Waals surface area contributed by atoms with Gasteiger partial charge < -0.3 is 10.0 Å².